The van der Waals surface area contributed by atoms with Gasteiger partial charge in [0, 0.05) is 45.8 Å². The minimum atomic E-state index is -3.85. The molecule has 2 N–H and O–H groups in total. The van der Waals surface area contributed by atoms with Crippen LogP contribution in [-0.4, -0.2) is 36.8 Å². The highest BCUT2D eigenvalue weighted by Crippen LogP contribution is 2.46. The maximum Gasteiger partial charge on any atom is 0.261 e. The van der Waals surface area contributed by atoms with Gasteiger partial charge in [-0.25, -0.2) is 13.4 Å². The number of rotatable bonds is 7. The van der Waals surface area contributed by atoms with Gasteiger partial charge in [-0.3, -0.25) is 14.4 Å². The van der Waals surface area contributed by atoms with Crippen molar-refractivity contribution in [3.05, 3.63) is 93.8 Å². The van der Waals surface area contributed by atoms with Gasteiger partial charge in [-0.1, -0.05) is 29.8 Å². The van der Waals surface area contributed by atoms with Gasteiger partial charge in [0.05, 0.1) is 15.1 Å². The monoisotopic (exact) mass is 622 g/mol. The number of fused-ring (bicyclic) bond motifs is 2. The number of thiophene rings is 1. The number of carbonyl (C=O) groups excluding carboxylic acids is 1. The second-order valence-corrected chi connectivity index (χ2v) is 14.4. The molecular weight excluding hydrogens is 596 g/mol. The Hall–Kier alpha value is -3.28. The van der Waals surface area contributed by atoms with Crippen molar-refractivity contribution in [1.29, 1.82) is 0 Å². The number of hydrogen-bond acceptors (Lipinski definition) is 7. The number of nitrogens with one attached hydrogen (secondary N) is 2. The molecule has 2 aromatic heterocycles. The lowest BCUT2D eigenvalue weighted by atomic mass is 10.0. The van der Waals surface area contributed by atoms with Gasteiger partial charge in [-0.15, -0.1) is 22.7 Å². The molecule has 0 fully saturated rings. The van der Waals surface area contributed by atoms with Crippen molar-refractivity contribution in [3.63, 3.8) is 0 Å². The first-order valence-corrected chi connectivity index (χ1v) is 16.6. The summed E-state index contributed by atoms with van der Waals surface area (Å²) in [7, 11) is -3.85. The van der Waals surface area contributed by atoms with Gasteiger partial charge in [0.15, 0.2) is 0 Å². The van der Waals surface area contributed by atoms with Crippen molar-refractivity contribution in [3.8, 4) is 10.6 Å². The van der Waals surface area contributed by atoms with Crippen LogP contribution in [-0.2, 0) is 23.0 Å². The SMILES string of the molecule is CC(C)N1CCc2c(sc(NC(=O)c3cccc(NS(=O)(=O)c4ccc(Cl)cc4)c3)c2-c2nc3ccccc3s2)C1. The molecule has 0 spiro atoms. The highest BCUT2D eigenvalue weighted by Gasteiger charge is 2.29. The standard InChI is InChI=1S/C30H27ClN4O3S3/c1-18(2)35-15-14-23-26(17-35)40-30(27(23)29-32-24-8-3-4-9-25(24)39-29)33-28(36)19-6-5-7-21(16-19)34-41(37,38)22-12-10-20(31)11-13-22/h3-13,16,18,34H,14-15,17H2,1-2H3,(H,33,36). The predicted molar refractivity (Wildman–Crippen MR) is 169 cm³/mol. The van der Waals surface area contributed by atoms with Crippen molar-refractivity contribution in [2.24, 2.45) is 0 Å². The fourth-order valence-electron chi connectivity index (χ4n) is 4.88. The van der Waals surface area contributed by atoms with E-state index in [0.29, 0.717) is 16.6 Å². The number of halogens is 1. The molecule has 210 valence electrons. The van der Waals surface area contributed by atoms with Gasteiger partial charge < -0.3 is 5.32 Å². The summed E-state index contributed by atoms with van der Waals surface area (Å²) < 4.78 is 29.4. The summed E-state index contributed by atoms with van der Waals surface area (Å²) in [6.45, 7) is 6.17. The molecule has 6 rings (SSSR count). The molecule has 3 heterocycles. The number of carbonyl (C=O) groups is 1. The predicted octanol–water partition coefficient (Wildman–Crippen LogP) is 7.50. The fourth-order valence-corrected chi connectivity index (χ4v) is 8.44. The quantitative estimate of drug-likeness (QED) is 0.196. The van der Waals surface area contributed by atoms with Crippen LogP contribution in [0, 0.1) is 0 Å². The third kappa shape index (κ3) is 5.75. The maximum absolute atomic E-state index is 13.6. The van der Waals surface area contributed by atoms with Gasteiger partial charge >= 0.3 is 0 Å². The molecule has 0 saturated heterocycles. The van der Waals surface area contributed by atoms with E-state index in [1.807, 2.05) is 18.2 Å². The molecule has 0 atom stereocenters. The Bertz CT molecular complexity index is 1830. The van der Waals surface area contributed by atoms with Crippen molar-refractivity contribution in [2.75, 3.05) is 16.6 Å². The molecule has 0 aliphatic carbocycles. The number of amides is 1. The smallest absolute Gasteiger partial charge is 0.261 e. The first-order chi connectivity index (χ1) is 19.7. The largest absolute Gasteiger partial charge is 0.313 e. The van der Waals surface area contributed by atoms with E-state index < -0.39 is 10.0 Å². The highest BCUT2D eigenvalue weighted by atomic mass is 35.5. The number of nitrogens with zero attached hydrogens (tertiary/aromatic N) is 2. The van der Waals surface area contributed by atoms with E-state index in [0.717, 1.165) is 45.3 Å². The van der Waals surface area contributed by atoms with E-state index in [9.17, 15) is 13.2 Å². The molecule has 5 aromatic rings. The van der Waals surface area contributed by atoms with Gasteiger partial charge in [-0.2, -0.15) is 0 Å². The lowest BCUT2D eigenvalue weighted by Gasteiger charge is -2.30. The molecule has 41 heavy (non-hydrogen) atoms. The first-order valence-electron chi connectivity index (χ1n) is 13.1. The molecular formula is C30H27ClN4O3S3. The van der Waals surface area contributed by atoms with E-state index >= 15 is 0 Å². The average Bonchev–Trinajstić information content (AvgIpc) is 3.53. The number of hydrogen-bond donors (Lipinski definition) is 2. The molecule has 0 unspecified atom stereocenters. The summed E-state index contributed by atoms with van der Waals surface area (Å²) in [5.74, 6) is -0.320. The zero-order chi connectivity index (χ0) is 28.7. The Kier molecular flexibility index (Phi) is 7.60. The zero-order valence-corrected chi connectivity index (χ0v) is 25.6. The molecule has 7 nitrogen and oxygen atoms in total. The normalized spacial score (nSPS) is 13.9. The number of anilines is 2. The topological polar surface area (TPSA) is 91.4 Å². The van der Waals surface area contributed by atoms with Crippen LogP contribution in [0.4, 0.5) is 10.7 Å². The van der Waals surface area contributed by atoms with E-state index in [1.165, 1.54) is 40.8 Å². The summed E-state index contributed by atoms with van der Waals surface area (Å²) in [5.41, 5.74) is 3.79. The van der Waals surface area contributed by atoms with Crippen molar-refractivity contribution in [1.82, 2.24) is 9.88 Å². The Labute approximate surface area is 251 Å². The summed E-state index contributed by atoms with van der Waals surface area (Å²) in [6, 6.07) is 20.8. The Morgan fingerprint density at radius 2 is 1.80 bits per heavy atom. The third-order valence-corrected chi connectivity index (χ3v) is 10.9. The second kappa shape index (κ2) is 11.2. The Balaban J connectivity index is 1.31. The number of aromatic nitrogens is 1. The zero-order valence-electron chi connectivity index (χ0n) is 22.3. The second-order valence-electron chi connectivity index (χ2n) is 10.1. The summed E-state index contributed by atoms with van der Waals surface area (Å²) in [6.07, 6.45) is 0.882. The van der Waals surface area contributed by atoms with Crippen LogP contribution in [0.15, 0.2) is 77.7 Å². The molecule has 0 saturated carbocycles. The lowest BCUT2D eigenvalue weighted by molar-refractivity contribution is 0.102. The van der Waals surface area contributed by atoms with Crippen molar-refractivity contribution < 1.29 is 13.2 Å². The molecule has 3 aromatic carbocycles. The summed E-state index contributed by atoms with van der Waals surface area (Å²) in [5, 5.41) is 5.23. The Morgan fingerprint density at radius 3 is 2.56 bits per heavy atom. The van der Waals surface area contributed by atoms with E-state index in [2.05, 4.69) is 34.9 Å². The maximum atomic E-state index is 13.6. The number of benzene rings is 3. The molecule has 0 bridgehead atoms. The molecule has 1 amide bonds. The molecule has 0 radical (unpaired) electrons. The minimum Gasteiger partial charge on any atom is -0.313 e. The van der Waals surface area contributed by atoms with E-state index in [1.54, 1.807) is 40.9 Å². The van der Waals surface area contributed by atoms with Crippen LogP contribution in [0.25, 0.3) is 20.8 Å². The average molecular weight is 623 g/mol. The van der Waals surface area contributed by atoms with Crippen molar-refractivity contribution in [2.45, 2.75) is 37.8 Å². The number of thiazole rings is 1. The molecule has 11 heteroatoms. The molecule has 1 aliphatic rings. The van der Waals surface area contributed by atoms with Gasteiger partial charge in [0.25, 0.3) is 15.9 Å². The van der Waals surface area contributed by atoms with Crippen LogP contribution in [0.3, 0.4) is 0 Å². The van der Waals surface area contributed by atoms with E-state index in [4.69, 9.17) is 16.6 Å². The van der Waals surface area contributed by atoms with Crippen LogP contribution in [0.5, 0.6) is 0 Å². The van der Waals surface area contributed by atoms with Gasteiger partial charge in [-0.05, 0) is 80.4 Å². The van der Waals surface area contributed by atoms with Crippen LogP contribution < -0.4 is 10.0 Å². The number of para-hydroxylation sites is 1. The van der Waals surface area contributed by atoms with E-state index in [-0.39, 0.29) is 16.5 Å². The lowest BCUT2D eigenvalue weighted by Crippen LogP contribution is -2.35. The van der Waals surface area contributed by atoms with Crippen LogP contribution in [0.2, 0.25) is 5.02 Å². The molecule has 1 aliphatic heterocycles. The van der Waals surface area contributed by atoms with Gasteiger partial charge in [0.1, 0.15) is 10.0 Å². The first kappa shape index (κ1) is 27.9. The Morgan fingerprint density at radius 1 is 1.02 bits per heavy atom. The van der Waals surface area contributed by atoms with Crippen LogP contribution >= 0.6 is 34.3 Å². The van der Waals surface area contributed by atoms with Gasteiger partial charge in [0.2, 0.25) is 0 Å². The van der Waals surface area contributed by atoms with Crippen molar-refractivity contribution >= 4 is 71.1 Å². The minimum absolute atomic E-state index is 0.0804. The highest BCUT2D eigenvalue weighted by molar-refractivity contribution is 7.92. The van der Waals surface area contributed by atoms with Crippen LogP contribution in [0.1, 0.15) is 34.6 Å². The third-order valence-electron chi connectivity index (χ3n) is 7.05. The summed E-state index contributed by atoms with van der Waals surface area (Å²) >= 11 is 9.12. The fraction of sp³-hybridized carbons (Fsp3) is 0.200. The summed E-state index contributed by atoms with van der Waals surface area (Å²) in [4.78, 5) is 22.2. The number of sulfonamides is 1.